The Kier molecular flexibility index (Phi) is 4.78. The van der Waals surface area contributed by atoms with E-state index in [0.29, 0.717) is 24.9 Å². The van der Waals surface area contributed by atoms with Crippen molar-refractivity contribution in [2.75, 3.05) is 29.9 Å². The fourth-order valence-electron chi connectivity index (χ4n) is 2.97. The summed E-state index contributed by atoms with van der Waals surface area (Å²) in [6.07, 6.45) is 0.890. The van der Waals surface area contributed by atoms with Crippen LogP contribution in [0.15, 0.2) is 30.6 Å². The van der Waals surface area contributed by atoms with Crippen molar-refractivity contribution >= 4 is 11.8 Å². The van der Waals surface area contributed by atoms with Gasteiger partial charge in [-0.3, -0.25) is 0 Å². The minimum Gasteiger partial charge on any atom is -0.355 e. The number of aryl methyl sites for hydroxylation is 1. The maximum atomic E-state index is 12.9. The van der Waals surface area contributed by atoms with E-state index in [1.54, 1.807) is 18.5 Å². The molecular formula is C17H20F3N5. The van der Waals surface area contributed by atoms with E-state index in [2.05, 4.69) is 15.0 Å². The zero-order valence-corrected chi connectivity index (χ0v) is 14.2. The molecule has 0 aliphatic carbocycles. The largest absolute Gasteiger partial charge is 0.433 e. The first kappa shape index (κ1) is 17.4. The third-order valence-electron chi connectivity index (χ3n) is 4.38. The number of pyridine rings is 1. The van der Waals surface area contributed by atoms with Gasteiger partial charge in [0.25, 0.3) is 0 Å². The number of halogens is 3. The van der Waals surface area contributed by atoms with Gasteiger partial charge in [-0.05, 0) is 37.5 Å². The van der Waals surface area contributed by atoms with E-state index in [1.807, 2.05) is 23.8 Å². The minimum absolute atomic E-state index is 0.118. The Morgan fingerprint density at radius 2 is 1.92 bits per heavy atom. The summed E-state index contributed by atoms with van der Waals surface area (Å²) in [5, 5.41) is 0. The van der Waals surface area contributed by atoms with Crippen molar-refractivity contribution in [1.29, 1.82) is 0 Å². The van der Waals surface area contributed by atoms with Gasteiger partial charge in [0.05, 0.1) is 0 Å². The number of anilines is 2. The SMILES string of the molecule is Cc1cnc(N(C)C2CCCN(c3cccc(C(F)(F)F)n3)C2)nc1. The number of alkyl halides is 3. The van der Waals surface area contributed by atoms with Crippen LogP contribution in [0, 0.1) is 6.92 Å². The van der Waals surface area contributed by atoms with Crippen LogP contribution in [0.3, 0.4) is 0 Å². The van der Waals surface area contributed by atoms with E-state index in [9.17, 15) is 13.2 Å². The summed E-state index contributed by atoms with van der Waals surface area (Å²) in [4.78, 5) is 16.3. The molecule has 0 aromatic carbocycles. The van der Waals surface area contributed by atoms with Crippen molar-refractivity contribution in [3.05, 3.63) is 41.9 Å². The molecule has 0 amide bonds. The lowest BCUT2D eigenvalue weighted by Crippen LogP contribution is -2.47. The lowest BCUT2D eigenvalue weighted by atomic mass is 10.0. The second kappa shape index (κ2) is 6.85. The van der Waals surface area contributed by atoms with E-state index < -0.39 is 11.9 Å². The Hall–Kier alpha value is -2.38. The summed E-state index contributed by atoms with van der Waals surface area (Å²) in [5.41, 5.74) is 0.123. The van der Waals surface area contributed by atoms with Crippen molar-refractivity contribution in [2.24, 2.45) is 0 Å². The molecule has 2 aromatic heterocycles. The molecule has 0 N–H and O–H groups in total. The van der Waals surface area contributed by atoms with Crippen LogP contribution in [0.2, 0.25) is 0 Å². The Bertz CT molecular complexity index is 717. The predicted molar refractivity (Wildman–Crippen MR) is 89.6 cm³/mol. The molecule has 3 rings (SSSR count). The summed E-state index contributed by atoms with van der Waals surface area (Å²) in [6.45, 7) is 3.20. The quantitative estimate of drug-likeness (QED) is 0.849. The van der Waals surface area contributed by atoms with Gasteiger partial charge in [0.15, 0.2) is 0 Å². The molecular weight excluding hydrogens is 331 g/mol. The molecule has 1 unspecified atom stereocenters. The van der Waals surface area contributed by atoms with Crippen molar-refractivity contribution < 1.29 is 13.2 Å². The van der Waals surface area contributed by atoms with Crippen molar-refractivity contribution in [1.82, 2.24) is 15.0 Å². The topological polar surface area (TPSA) is 45.2 Å². The van der Waals surface area contributed by atoms with E-state index in [-0.39, 0.29) is 6.04 Å². The Morgan fingerprint density at radius 3 is 2.60 bits per heavy atom. The molecule has 5 nitrogen and oxygen atoms in total. The van der Waals surface area contributed by atoms with E-state index in [4.69, 9.17) is 0 Å². The predicted octanol–water partition coefficient (Wildman–Crippen LogP) is 3.30. The summed E-state index contributed by atoms with van der Waals surface area (Å²) in [7, 11) is 1.92. The Labute approximate surface area is 144 Å². The van der Waals surface area contributed by atoms with Crippen LogP contribution in [-0.2, 0) is 6.18 Å². The van der Waals surface area contributed by atoms with Gasteiger partial charge < -0.3 is 9.80 Å². The van der Waals surface area contributed by atoms with E-state index in [1.165, 1.54) is 6.07 Å². The lowest BCUT2D eigenvalue weighted by molar-refractivity contribution is -0.141. The molecule has 25 heavy (non-hydrogen) atoms. The Morgan fingerprint density at radius 1 is 1.20 bits per heavy atom. The van der Waals surface area contributed by atoms with Crippen LogP contribution in [0.4, 0.5) is 24.9 Å². The van der Waals surface area contributed by atoms with Gasteiger partial charge in [0.2, 0.25) is 5.95 Å². The fraction of sp³-hybridized carbons (Fsp3) is 0.471. The van der Waals surface area contributed by atoms with Gasteiger partial charge in [-0.15, -0.1) is 0 Å². The highest BCUT2D eigenvalue weighted by molar-refractivity contribution is 5.42. The van der Waals surface area contributed by atoms with E-state index >= 15 is 0 Å². The highest BCUT2D eigenvalue weighted by Crippen LogP contribution is 2.30. The Balaban J connectivity index is 1.76. The van der Waals surface area contributed by atoms with Crippen LogP contribution < -0.4 is 9.80 Å². The average Bonchev–Trinajstić information content (AvgIpc) is 2.61. The first-order valence-electron chi connectivity index (χ1n) is 8.15. The standard InChI is InChI=1S/C17H20F3N5/c1-12-9-21-16(22-10-12)24(2)13-5-4-8-25(11-13)15-7-3-6-14(23-15)17(18,19)20/h3,6-7,9-10,13H,4-5,8,11H2,1-2H3. The summed E-state index contributed by atoms with van der Waals surface area (Å²) in [5.74, 6) is 0.979. The second-order valence-electron chi connectivity index (χ2n) is 6.29. The number of aromatic nitrogens is 3. The van der Waals surface area contributed by atoms with Gasteiger partial charge in [-0.25, -0.2) is 15.0 Å². The van der Waals surface area contributed by atoms with Gasteiger partial charge in [0, 0.05) is 38.6 Å². The van der Waals surface area contributed by atoms with Crippen LogP contribution in [0.5, 0.6) is 0 Å². The highest BCUT2D eigenvalue weighted by atomic mass is 19.4. The van der Waals surface area contributed by atoms with Crippen LogP contribution >= 0.6 is 0 Å². The molecule has 2 aromatic rings. The molecule has 1 fully saturated rings. The van der Waals surface area contributed by atoms with Crippen LogP contribution in [0.1, 0.15) is 24.1 Å². The zero-order chi connectivity index (χ0) is 18.0. The van der Waals surface area contributed by atoms with Crippen LogP contribution in [0.25, 0.3) is 0 Å². The maximum Gasteiger partial charge on any atom is 0.433 e. The van der Waals surface area contributed by atoms with Crippen molar-refractivity contribution in [3.8, 4) is 0 Å². The second-order valence-corrected chi connectivity index (χ2v) is 6.29. The third kappa shape index (κ3) is 4.00. The third-order valence-corrected chi connectivity index (χ3v) is 4.38. The van der Waals surface area contributed by atoms with E-state index in [0.717, 1.165) is 24.5 Å². The number of hydrogen-bond acceptors (Lipinski definition) is 5. The molecule has 8 heteroatoms. The van der Waals surface area contributed by atoms with Crippen LogP contribution in [-0.4, -0.2) is 41.1 Å². The number of rotatable bonds is 3. The lowest BCUT2D eigenvalue weighted by Gasteiger charge is -2.38. The highest BCUT2D eigenvalue weighted by Gasteiger charge is 2.33. The number of hydrogen-bond donors (Lipinski definition) is 0. The van der Waals surface area contributed by atoms with Gasteiger partial charge in [0.1, 0.15) is 11.5 Å². The first-order chi connectivity index (χ1) is 11.8. The maximum absolute atomic E-state index is 12.9. The molecule has 0 bridgehead atoms. The summed E-state index contributed by atoms with van der Waals surface area (Å²) in [6, 6.07) is 4.14. The molecule has 0 spiro atoms. The fourth-order valence-corrected chi connectivity index (χ4v) is 2.97. The molecule has 3 heterocycles. The first-order valence-corrected chi connectivity index (χ1v) is 8.15. The van der Waals surface area contributed by atoms with Gasteiger partial charge in [-0.2, -0.15) is 13.2 Å². The normalized spacial score (nSPS) is 18.3. The minimum atomic E-state index is -4.43. The van der Waals surface area contributed by atoms with Crippen molar-refractivity contribution in [2.45, 2.75) is 32.0 Å². The van der Waals surface area contributed by atoms with Gasteiger partial charge in [-0.1, -0.05) is 6.07 Å². The molecule has 1 atom stereocenters. The molecule has 1 saturated heterocycles. The number of piperidine rings is 1. The summed E-state index contributed by atoms with van der Waals surface area (Å²) < 4.78 is 38.7. The van der Waals surface area contributed by atoms with Crippen molar-refractivity contribution in [3.63, 3.8) is 0 Å². The molecule has 1 aliphatic heterocycles. The summed E-state index contributed by atoms with van der Waals surface area (Å²) >= 11 is 0. The van der Waals surface area contributed by atoms with Gasteiger partial charge >= 0.3 is 6.18 Å². The number of likely N-dealkylation sites (N-methyl/N-ethyl adjacent to an activating group) is 1. The molecule has 1 aliphatic rings. The molecule has 0 radical (unpaired) electrons. The average molecular weight is 351 g/mol. The monoisotopic (exact) mass is 351 g/mol. The zero-order valence-electron chi connectivity index (χ0n) is 14.2. The smallest absolute Gasteiger partial charge is 0.355 e. The molecule has 134 valence electrons. The number of nitrogens with zero attached hydrogens (tertiary/aromatic N) is 5. The molecule has 0 saturated carbocycles.